The lowest BCUT2D eigenvalue weighted by atomic mass is 10.1. The Labute approximate surface area is 98.4 Å². The van der Waals surface area contributed by atoms with Gasteiger partial charge in [-0.1, -0.05) is 6.07 Å². The van der Waals surface area contributed by atoms with Gasteiger partial charge in [0.25, 0.3) is 0 Å². The van der Waals surface area contributed by atoms with Gasteiger partial charge in [0.05, 0.1) is 17.2 Å². The van der Waals surface area contributed by atoms with Crippen LogP contribution < -0.4 is 4.74 Å². The summed E-state index contributed by atoms with van der Waals surface area (Å²) in [5, 5.41) is 9.73. The predicted molar refractivity (Wildman–Crippen MR) is 63.2 cm³/mol. The molecule has 2 nitrogen and oxygen atoms in total. The average Bonchev–Trinajstić information content (AvgIpc) is 2.96. The monoisotopic (exact) mass is 270 g/mol. The van der Waals surface area contributed by atoms with E-state index in [9.17, 15) is 5.11 Å². The number of rotatable bonds is 4. The van der Waals surface area contributed by atoms with Gasteiger partial charge in [0, 0.05) is 0 Å². The van der Waals surface area contributed by atoms with E-state index in [1.54, 1.807) is 7.11 Å². The molecule has 0 amide bonds. The van der Waals surface area contributed by atoms with Crippen LogP contribution in [0.4, 0.5) is 0 Å². The summed E-state index contributed by atoms with van der Waals surface area (Å²) >= 11 is 3.42. The number of halogens is 1. The fourth-order valence-electron chi connectivity index (χ4n) is 1.63. The first-order valence-corrected chi connectivity index (χ1v) is 5.97. The third kappa shape index (κ3) is 2.73. The van der Waals surface area contributed by atoms with E-state index in [1.165, 1.54) is 5.56 Å². The molecule has 1 N–H and O–H groups in total. The average molecular weight is 271 g/mol. The zero-order valence-corrected chi connectivity index (χ0v) is 10.4. The summed E-state index contributed by atoms with van der Waals surface area (Å²) in [7, 11) is 1.66. The van der Waals surface area contributed by atoms with Crippen molar-refractivity contribution >= 4 is 15.9 Å². The first-order chi connectivity index (χ1) is 7.13. The maximum absolute atomic E-state index is 9.73. The first-order valence-electron chi connectivity index (χ1n) is 5.18. The summed E-state index contributed by atoms with van der Waals surface area (Å²) in [6.45, 7) is 0. The molecule has 1 aliphatic rings. The second-order valence-electron chi connectivity index (χ2n) is 4.19. The summed E-state index contributed by atoms with van der Waals surface area (Å²) in [6, 6.07) is 6.08. The quantitative estimate of drug-likeness (QED) is 0.912. The molecule has 0 heterocycles. The second kappa shape index (κ2) is 4.14. The van der Waals surface area contributed by atoms with Crippen LogP contribution in [-0.2, 0) is 6.42 Å². The largest absolute Gasteiger partial charge is 0.496 e. The molecule has 0 aromatic heterocycles. The number of methoxy groups -OCH3 is 1. The Morgan fingerprint density at radius 1 is 1.47 bits per heavy atom. The standard InChI is InChI=1S/C12H15BrO2/c1-15-11-8-9(2-3-10(11)13)4-5-12(14)6-7-12/h2-3,8,14H,4-7H2,1H3. The molecule has 0 unspecified atom stereocenters. The summed E-state index contributed by atoms with van der Waals surface area (Å²) in [4.78, 5) is 0. The molecule has 3 heteroatoms. The van der Waals surface area contributed by atoms with Crippen LogP contribution in [0.3, 0.4) is 0 Å². The molecule has 1 fully saturated rings. The number of aryl methyl sites for hydroxylation is 1. The summed E-state index contributed by atoms with van der Waals surface area (Å²) in [5.74, 6) is 0.857. The highest BCUT2D eigenvalue weighted by atomic mass is 79.9. The Morgan fingerprint density at radius 2 is 2.20 bits per heavy atom. The molecule has 0 spiro atoms. The van der Waals surface area contributed by atoms with Crippen molar-refractivity contribution in [3.8, 4) is 5.75 Å². The zero-order valence-electron chi connectivity index (χ0n) is 8.79. The van der Waals surface area contributed by atoms with Gasteiger partial charge in [-0.05, 0) is 59.3 Å². The van der Waals surface area contributed by atoms with E-state index in [-0.39, 0.29) is 5.60 Å². The number of ether oxygens (including phenoxy) is 1. The molecule has 15 heavy (non-hydrogen) atoms. The Morgan fingerprint density at radius 3 is 2.80 bits per heavy atom. The van der Waals surface area contributed by atoms with Gasteiger partial charge < -0.3 is 9.84 Å². The minimum atomic E-state index is -0.361. The minimum Gasteiger partial charge on any atom is -0.496 e. The van der Waals surface area contributed by atoms with Crippen molar-refractivity contribution in [2.24, 2.45) is 0 Å². The Bertz CT molecular complexity index is 359. The number of hydrogen-bond acceptors (Lipinski definition) is 2. The van der Waals surface area contributed by atoms with Gasteiger partial charge in [-0.3, -0.25) is 0 Å². The third-order valence-electron chi connectivity index (χ3n) is 2.92. The lowest BCUT2D eigenvalue weighted by Gasteiger charge is -2.09. The van der Waals surface area contributed by atoms with Crippen LogP contribution in [0.5, 0.6) is 5.75 Å². The normalized spacial score (nSPS) is 17.5. The third-order valence-corrected chi connectivity index (χ3v) is 3.58. The van der Waals surface area contributed by atoms with Gasteiger partial charge in [0.15, 0.2) is 0 Å². The highest BCUT2D eigenvalue weighted by Gasteiger charge is 2.39. The molecule has 0 saturated heterocycles. The van der Waals surface area contributed by atoms with Crippen molar-refractivity contribution in [3.63, 3.8) is 0 Å². The molecule has 1 aromatic rings. The molecule has 82 valence electrons. The molecule has 0 aliphatic heterocycles. The fraction of sp³-hybridized carbons (Fsp3) is 0.500. The Kier molecular flexibility index (Phi) is 3.03. The van der Waals surface area contributed by atoms with E-state index in [0.717, 1.165) is 35.9 Å². The van der Waals surface area contributed by atoms with Crippen molar-refractivity contribution in [1.29, 1.82) is 0 Å². The molecule has 1 aromatic carbocycles. The van der Waals surface area contributed by atoms with Crippen LogP contribution in [0.15, 0.2) is 22.7 Å². The second-order valence-corrected chi connectivity index (χ2v) is 5.05. The molecule has 1 aliphatic carbocycles. The van der Waals surface area contributed by atoms with Crippen LogP contribution in [0.2, 0.25) is 0 Å². The number of aliphatic hydroxyl groups is 1. The molecule has 2 rings (SSSR count). The van der Waals surface area contributed by atoms with E-state index in [2.05, 4.69) is 22.0 Å². The Balaban J connectivity index is 2.01. The molecule has 1 saturated carbocycles. The molecule has 0 atom stereocenters. The smallest absolute Gasteiger partial charge is 0.133 e. The predicted octanol–water partition coefficient (Wildman–Crippen LogP) is 2.92. The SMILES string of the molecule is COc1cc(CCC2(O)CC2)ccc1Br. The van der Waals surface area contributed by atoms with Gasteiger partial charge >= 0.3 is 0 Å². The van der Waals surface area contributed by atoms with Crippen molar-refractivity contribution in [2.75, 3.05) is 7.11 Å². The maximum atomic E-state index is 9.73. The molecule has 0 radical (unpaired) electrons. The van der Waals surface area contributed by atoms with Gasteiger partial charge in [-0.2, -0.15) is 0 Å². The minimum absolute atomic E-state index is 0.361. The summed E-state index contributed by atoms with van der Waals surface area (Å²) in [5.41, 5.74) is 0.857. The molecular weight excluding hydrogens is 256 g/mol. The van der Waals surface area contributed by atoms with Gasteiger partial charge in [-0.25, -0.2) is 0 Å². The lowest BCUT2D eigenvalue weighted by Crippen LogP contribution is -2.07. The van der Waals surface area contributed by atoms with Crippen LogP contribution in [0, 0.1) is 0 Å². The van der Waals surface area contributed by atoms with Crippen molar-refractivity contribution in [1.82, 2.24) is 0 Å². The summed E-state index contributed by atoms with van der Waals surface area (Å²) in [6.07, 6.45) is 3.69. The van der Waals surface area contributed by atoms with E-state index < -0.39 is 0 Å². The van der Waals surface area contributed by atoms with Crippen molar-refractivity contribution in [2.45, 2.75) is 31.3 Å². The van der Waals surface area contributed by atoms with Crippen molar-refractivity contribution < 1.29 is 9.84 Å². The van der Waals surface area contributed by atoms with Crippen LogP contribution >= 0.6 is 15.9 Å². The summed E-state index contributed by atoms with van der Waals surface area (Å²) < 4.78 is 6.20. The highest BCUT2D eigenvalue weighted by molar-refractivity contribution is 9.10. The Hall–Kier alpha value is -0.540. The van der Waals surface area contributed by atoms with E-state index in [4.69, 9.17) is 4.74 Å². The number of hydrogen-bond donors (Lipinski definition) is 1. The van der Waals surface area contributed by atoms with Crippen LogP contribution in [0.25, 0.3) is 0 Å². The fourth-order valence-corrected chi connectivity index (χ4v) is 2.04. The maximum Gasteiger partial charge on any atom is 0.133 e. The van der Waals surface area contributed by atoms with E-state index in [0.29, 0.717) is 0 Å². The van der Waals surface area contributed by atoms with Gasteiger partial charge in [0.1, 0.15) is 5.75 Å². The van der Waals surface area contributed by atoms with Crippen LogP contribution in [-0.4, -0.2) is 17.8 Å². The topological polar surface area (TPSA) is 29.5 Å². The van der Waals surface area contributed by atoms with E-state index >= 15 is 0 Å². The first kappa shape index (κ1) is 11.0. The van der Waals surface area contributed by atoms with Crippen LogP contribution in [0.1, 0.15) is 24.8 Å². The van der Waals surface area contributed by atoms with Crippen molar-refractivity contribution in [3.05, 3.63) is 28.2 Å². The van der Waals surface area contributed by atoms with Gasteiger partial charge in [-0.15, -0.1) is 0 Å². The molecule has 0 bridgehead atoms. The van der Waals surface area contributed by atoms with E-state index in [1.807, 2.05) is 12.1 Å². The number of benzene rings is 1. The van der Waals surface area contributed by atoms with Gasteiger partial charge in [0.2, 0.25) is 0 Å². The highest BCUT2D eigenvalue weighted by Crippen LogP contribution is 2.39. The zero-order chi connectivity index (χ0) is 10.9. The lowest BCUT2D eigenvalue weighted by molar-refractivity contribution is 0.140. The molecular formula is C12H15BrO2.